The van der Waals surface area contributed by atoms with Crippen LogP contribution in [0.1, 0.15) is 31.2 Å². The number of benzene rings is 1. The first kappa shape index (κ1) is 12.9. The summed E-state index contributed by atoms with van der Waals surface area (Å²) >= 11 is 0. The Balaban J connectivity index is 1.88. The van der Waals surface area contributed by atoms with Crippen LogP contribution in [0.3, 0.4) is 0 Å². The monoisotopic (exact) mass is 247 g/mol. The average molecular weight is 247 g/mol. The molecule has 2 atom stereocenters. The third kappa shape index (κ3) is 3.47. The molecule has 1 fully saturated rings. The highest BCUT2D eigenvalue weighted by Crippen LogP contribution is 2.17. The van der Waals surface area contributed by atoms with Gasteiger partial charge in [0.15, 0.2) is 0 Å². The van der Waals surface area contributed by atoms with E-state index in [1.807, 2.05) is 31.2 Å². The van der Waals surface area contributed by atoms with Crippen LogP contribution in [0.25, 0.3) is 0 Å². The van der Waals surface area contributed by atoms with Gasteiger partial charge in [-0.2, -0.15) is 0 Å². The summed E-state index contributed by atoms with van der Waals surface area (Å²) in [4.78, 5) is 11.9. The van der Waals surface area contributed by atoms with E-state index < -0.39 is 0 Å². The topological polar surface area (TPSA) is 67.2 Å². The molecule has 1 aromatic rings. The Morgan fingerprint density at radius 3 is 2.83 bits per heavy atom. The van der Waals surface area contributed by atoms with Crippen LogP contribution in [-0.2, 0) is 0 Å². The predicted molar refractivity (Wildman–Crippen MR) is 73.6 cm³/mol. The second-order valence-corrected chi connectivity index (χ2v) is 5.02. The maximum Gasteiger partial charge on any atom is 0.319 e. The fourth-order valence-electron chi connectivity index (χ4n) is 2.40. The van der Waals surface area contributed by atoms with E-state index in [0.29, 0.717) is 0 Å². The van der Waals surface area contributed by atoms with Gasteiger partial charge in [-0.1, -0.05) is 25.0 Å². The SMILES string of the molecule is Cc1cccc(NC(=O)N[C@@H]2CCCC[C@H]2N)c1. The van der Waals surface area contributed by atoms with E-state index >= 15 is 0 Å². The van der Waals surface area contributed by atoms with Crippen molar-refractivity contribution in [3.63, 3.8) is 0 Å². The van der Waals surface area contributed by atoms with Crippen molar-refractivity contribution in [1.82, 2.24) is 5.32 Å². The van der Waals surface area contributed by atoms with E-state index in [1.165, 1.54) is 6.42 Å². The lowest BCUT2D eigenvalue weighted by Gasteiger charge is -2.29. The number of amides is 2. The summed E-state index contributed by atoms with van der Waals surface area (Å²) in [7, 11) is 0. The van der Waals surface area contributed by atoms with Gasteiger partial charge in [-0.25, -0.2) is 4.79 Å². The minimum atomic E-state index is -0.164. The zero-order valence-corrected chi connectivity index (χ0v) is 10.8. The highest BCUT2D eigenvalue weighted by molar-refractivity contribution is 5.89. The fourth-order valence-corrected chi connectivity index (χ4v) is 2.40. The van der Waals surface area contributed by atoms with Crippen LogP contribution in [0.2, 0.25) is 0 Å². The van der Waals surface area contributed by atoms with Gasteiger partial charge in [0.25, 0.3) is 0 Å². The van der Waals surface area contributed by atoms with Gasteiger partial charge in [-0.3, -0.25) is 0 Å². The maximum absolute atomic E-state index is 11.9. The smallest absolute Gasteiger partial charge is 0.319 e. The number of carbonyl (C=O) groups is 1. The third-order valence-electron chi connectivity index (χ3n) is 3.41. The molecule has 4 nitrogen and oxygen atoms in total. The minimum Gasteiger partial charge on any atom is -0.334 e. The van der Waals surface area contributed by atoms with Gasteiger partial charge in [0.05, 0.1) is 0 Å². The molecule has 1 aliphatic carbocycles. The van der Waals surface area contributed by atoms with Crippen LogP contribution >= 0.6 is 0 Å². The molecule has 18 heavy (non-hydrogen) atoms. The number of nitrogens with two attached hydrogens (primary N) is 1. The Labute approximate surface area is 108 Å². The quantitative estimate of drug-likeness (QED) is 0.751. The van der Waals surface area contributed by atoms with Crippen LogP contribution in [-0.4, -0.2) is 18.1 Å². The van der Waals surface area contributed by atoms with Crippen molar-refractivity contribution in [2.45, 2.75) is 44.7 Å². The molecule has 0 bridgehead atoms. The molecule has 2 rings (SSSR count). The van der Waals surface area contributed by atoms with Crippen LogP contribution in [0.15, 0.2) is 24.3 Å². The van der Waals surface area contributed by atoms with Crippen molar-refractivity contribution < 1.29 is 4.79 Å². The van der Waals surface area contributed by atoms with E-state index in [9.17, 15) is 4.79 Å². The van der Waals surface area contributed by atoms with Crippen molar-refractivity contribution in [1.29, 1.82) is 0 Å². The van der Waals surface area contributed by atoms with E-state index in [2.05, 4.69) is 10.6 Å². The Morgan fingerprint density at radius 2 is 2.11 bits per heavy atom. The lowest BCUT2D eigenvalue weighted by atomic mass is 9.91. The summed E-state index contributed by atoms with van der Waals surface area (Å²) in [5.41, 5.74) is 7.95. The van der Waals surface area contributed by atoms with Gasteiger partial charge < -0.3 is 16.4 Å². The molecule has 1 aromatic carbocycles. The molecule has 4 N–H and O–H groups in total. The normalized spacial score (nSPS) is 23.4. The van der Waals surface area contributed by atoms with Crippen LogP contribution in [0.4, 0.5) is 10.5 Å². The summed E-state index contributed by atoms with van der Waals surface area (Å²) < 4.78 is 0. The Hall–Kier alpha value is -1.55. The molecule has 0 aliphatic heterocycles. The second-order valence-electron chi connectivity index (χ2n) is 5.02. The Kier molecular flexibility index (Phi) is 4.20. The average Bonchev–Trinajstić information content (AvgIpc) is 2.32. The van der Waals surface area contributed by atoms with Gasteiger partial charge >= 0.3 is 6.03 Å². The van der Waals surface area contributed by atoms with E-state index in [4.69, 9.17) is 5.73 Å². The highest BCUT2D eigenvalue weighted by atomic mass is 16.2. The second kappa shape index (κ2) is 5.87. The lowest BCUT2D eigenvalue weighted by molar-refractivity contribution is 0.240. The van der Waals surface area contributed by atoms with Crippen LogP contribution in [0, 0.1) is 6.92 Å². The molecular weight excluding hydrogens is 226 g/mol. The molecule has 1 aliphatic rings. The van der Waals surface area contributed by atoms with Gasteiger partial charge in [0.1, 0.15) is 0 Å². The first-order valence-electron chi connectivity index (χ1n) is 6.55. The van der Waals surface area contributed by atoms with E-state index in [0.717, 1.165) is 30.5 Å². The first-order valence-corrected chi connectivity index (χ1v) is 6.55. The number of carbonyl (C=O) groups excluding carboxylic acids is 1. The predicted octanol–water partition coefficient (Wildman–Crippen LogP) is 2.39. The molecule has 0 radical (unpaired) electrons. The van der Waals surface area contributed by atoms with Crippen molar-refractivity contribution in [2.75, 3.05) is 5.32 Å². The largest absolute Gasteiger partial charge is 0.334 e. The zero-order valence-electron chi connectivity index (χ0n) is 10.8. The summed E-state index contributed by atoms with van der Waals surface area (Å²) in [5.74, 6) is 0. The molecule has 0 aromatic heterocycles. The highest BCUT2D eigenvalue weighted by Gasteiger charge is 2.23. The third-order valence-corrected chi connectivity index (χ3v) is 3.41. The number of hydrogen-bond acceptors (Lipinski definition) is 2. The summed E-state index contributed by atoms with van der Waals surface area (Å²) in [5, 5.41) is 5.81. The Morgan fingerprint density at radius 1 is 1.33 bits per heavy atom. The molecule has 0 saturated heterocycles. The van der Waals surface area contributed by atoms with Gasteiger partial charge in [0, 0.05) is 17.8 Å². The number of anilines is 1. The number of aryl methyl sites for hydroxylation is 1. The molecular formula is C14H21N3O. The number of nitrogens with one attached hydrogen (secondary N) is 2. The van der Waals surface area contributed by atoms with Crippen molar-refractivity contribution in [3.05, 3.63) is 29.8 Å². The van der Waals surface area contributed by atoms with Gasteiger partial charge in [-0.05, 0) is 37.5 Å². The molecule has 0 unspecified atom stereocenters. The van der Waals surface area contributed by atoms with Crippen molar-refractivity contribution in [2.24, 2.45) is 5.73 Å². The first-order chi connectivity index (χ1) is 8.65. The van der Waals surface area contributed by atoms with Crippen molar-refractivity contribution >= 4 is 11.7 Å². The molecule has 98 valence electrons. The van der Waals surface area contributed by atoms with Gasteiger partial charge in [-0.15, -0.1) is 0 Å². The molecule has 0 spiro atoms. The fraction of sp³-hybridized carbons (Fsp3) is 0.500. The summed E-state index contributed by atoms with van der Waals surface area (Å²) in [6.45, 7) is 2.00. The summed E-state index contributed by atoms with van der Waals surface area (Å²) in [6.07, 6.45) is 4.28. The van der Waals surface area contributed by atoms with Crippen molar-refractivity contribution in [3.8, 4) is 0 Å². The molecule has 0 heterocycles. The standard InChI is InChI=1S/C14H21N3O/c1-10-5-4-6-11(9-10)16-14(18)17-13-8-3-2-7-12(13)15/h4-6,9,12-13H,2-3,7-8,15H2,1H3,(H2,16,17,18)/t12-,13-/m1/s1. The van der Waals surface area contributed by atoms with E-state index in [-0.39, 0.29) is 18.1 Å². The zero-order chi connectivity index (χ0) is 13.0. The van der Waals surface area contributed by atoms with Crippen LogP contribution < -0.4 is 16.4 Å². The Bertz CT molecular complexity index is 419. The lowest BCUT2D eigenvalue weighted by Crippen LogP contribution is -2.50. The molecule has 2 amide bonds. The minimum absolute atomic E-state index is 0.0852. The molecule has 4 heteroatoms. The van der Waals surface area contributed by atoms with Gasteiger partial charge in [0.2, 0.25) is 0 Å². The number of urea groups is 1. The number of rotatable bonds is 2. The summed E-state index contributed by atoms with van der Waals surface area (Å²) in [6, 6.07) is 7.78. The number of hydrogen-bond donors (Lipinski definition) is 3. The maximum atomic E-state index is 11.9. The molecule has 1 saturated carbocycles. The van der Waals surface area contributed by atoms with E-state index in [1.54, 1.807) is 0 Å². The van der Waals surface area contributed by atoms with Crippen LogP contribution in [0.5, 0.6) is 0 Å².